The molecule has 4 N–H and O–H groups in total. The van der Waals surface area contributed by atoms with Crippen LogP contribution in [0, 0.1) is 0 Å². The molecule has 5 heteroatoms. The summed E-state index contributed by atoms with van der Waals surface area (Å²) < 4.78 is 10.5. The van der Waals surface area contributed by atoms with E-state index in [0.29, 0.717) is 11.4 Å². The number of methoxy groups -OCH3 is 2. The molecule has 0 saturated heterocycles. The number of benzene rings is 1. The minimum atomic E-state index is 0. The standard InChI is InChI=1S/C12H20N2O2.ClH/c1-4-9(13)5-8-6-12(16-3)10(14)7-11(8)15-2;/h6-7,9H,4-5,13-14H2,1-3H3;1H/t9-;/m1./s1. The summed E-state index contributed by atoms with van der Waals surface area (Å²) in [6.07, 6.45) is 1.69. The number of hydrogen-bond acceptors (Lipinski definition) is 4. The van der Waals surface area contributed by atoms with Crippen LogP contribution in [-0.2, 0) is 6.42 Å². The first kappa shape index (κ1) is 15.9. The van der Waals surface area contributed by atoms with Crippen LogP contribution in [0.4, 0.5) is 5.69 Å². The molecule has 1 aromatic rings. The van der Waals surface area contributed by atoms with Crippen LogP contribution in [0.25, 0.3) is 0 Å². The van der Waals surface area contributed by atoms with Crippen molar-refractivity contribution in [2.75, 3.05) is 20.0 Å². The lowest BCUT2D eigenvalue weighted by Crippen LogP contribution is -2.21. The zero-order valence-electron chi connectivity index (χ0n) is 10.5. The van der Waals surface area contributed by atoms with E-state index < -0.39 is 0 Å². The van der Waals surface area contributed by atoms with Gasteiger partial charge in [0.2, 0.25) is 0 Å². The summed E-state index contributed by atoms with van der Waals surface area (Å²) in [6, 6.07) is 3.79. The summed E-state index contributed by atoms with van der Waals surface area (Å²) in [4.78, 5) is 0. The fraction of sp³-hybridized carbons (Fsp3) is 0.500. The third kappa shape index (κ3) is 3.98. The van der Waals surface area contributed by atoms with Gasteiger partial charge in [-0.3, -0.25) is 0 Å². The van der Waals surface area contributed by atoms with Crippen LogP contribution in [-0.4, -0.2) is 20.3 Å². The lowest BCUT2D eigenvalue weighted by Gasteiger charge is -2.15. The monoisotopic (exact) mass is 260 g/mol. The molecular weight excluding hydrogens is 240 g/mol. The topological polar surface area (TPSA) is 70.5 Å². The molecule has 0 spiro atoms. The maximum atomic E-state index is 5.93. The molecule has 0 unspecified atom stereocenters. The van der Waals surface area contributed by atoms with Crippen LogP contribution >= 0.6 is 12.4 Å². The van der Waals surface area contributed by atoms with Crippen molar-refractivity contribution < 1.29 is 9.47 Å². The molecule has 0 fully saturated rings. The maximum absolute atomic E-state index is 5.93. The van der Waals surface area contributed by atoms with Crippen LogP contribution in [0.1, 0.15) is 18.9 Å². The van der Waals surface area contributed by atoms with E-state index in [-0.39, 0.29) is 18.4 Å². The zero-order valence-corrected chi connectivity index (χ0v) is 11.3. The van der Waals surface area contributed by atoms with Gasteiger partial charge < -0.3 is 20.9 Å². The molecule has 0 heterocycles. The molecule has 0 aliphatic heterocycles. The van der Waals surface area contributed by atoms with Crippen LogP contribution in [0.15, 0.2) is 12.1 Å². The fourth-order valence-electron chi connectivity index (χ4n) is 1.57. The van der Waals surface area contributed by atoms with Gasteiger partial charge in [0.05, 0.1) is 19.9 Å². The number of anilines is 1. The molecular formula is C12H21ClN2O2. The van der Waals surface area contributed by atoms with Crippen LogP contribution in [0.3, 0.4) is 0 Å². The SMILES string of the molecule is CC[C@@H](N)Cc1cc(OC)c(N)cc1OC.Cl. The first-order chi connectivity index (χ1) is 7.62. The number of nitrogen functional groups attached to an aromatic ring is 1. The van der Waals surface area contributed by atoms with Crippen molar-refractivity contribution in [1.29, 1.82) is 0 Å². The molecule has 0 radical (unpaired) electrons. The molecule has 1 aromatic carbocycles. The number of rotatable bonds is 5. The van der Waals surface area contributed by atoms with Gasteiger partial charge >= 0.3 is 0 Å². The highest BCUT2D eigenvalue weighted by Gasteiger charge is 2.11. The second-order valence-electron chi connectivity index (χ2n) is 3.78. The van der Waals surface area contributed by atoms with Gasteiger partial charge in [0.25, 0.3) is 0 Å². The Balaban J connectivity index is 0.00000256. The quantitative estimate of drug-likeness (QED) is 0.795. The average molecular weight is 261 g/mol. The van der Waals surface area contributed by atoms with Crippen molar-refractivity contribution in [3.05, 3.63) is 17.7 Å². The Morgan fingerprint density at radius 1 is 1.18 bits per heavy atom. The van der Waals surface area contributed by atoms with Crippen LogP contribution < -0.4 is 20.9 Å². The Kier molecular flexibility index (Phi) is 6.76. The number of nitrogens with two attached hydrogens (primary N) is 2. The lowest BCUT2D eigenvalue weighted by molar-refractivity contribution is 0.398. The Morgan fingerprint density at radius 2 is 1.76 bits per heavy atom. The fourth-order valence-corrected chi connectivity index (χ4v) is 1.57. The minimum absolute atomic E-state index is 0. The van der Waals surface area contributed by atoms with E-state index in [9.17, 15) is 0 Å². The first-order valence-corrected chi connectivity index (χ1v) is 5.38. The van der Waals surface area contributed by atoms with E-state index >= 15 is 0 Å². The van der Waals surface area contributed by atoms with Crippen LogP contribution in [0.2, 0.25) is 0 Å². The Morgan fingerprint density at radius 3 is 2.24 bits per heavy atom. The highest BCUT2D eigenvalue weighted by molar-refractivity contribution is 5.85. The molecule has 1 rings (SSSR count). The zero-order chi connectivity index (χ0) is 12.1. The third-order valence-corrected chi connectivity index (χ3v) is 2.64. The molecule has 0 amide bonds. The lowest BCUT2D eigenvalue weighted by atomic mass is 10.0. The highest BCUT2D eigenvalue weighted by Crippen LogP contribution is 2.31. The smallest absolute Gasteiger partial charge is 0.142 e. The van der Waals surface area contributed by atoms with E-state index in [2.05, 4.69) is 6.92 Å². The van der Waals surface area contributed by atoms with Crippen molar-refractivity contribution in [3.8, 4) is 11.5 Å². The third-order valence-electron chi connectivity index (χ3n) is 2.64. The van der Waals surface area contributed by atoms with Gasteiger partial charge in [-0.1, -0.05) is 6.92 Å². The van der Waals surface area contributed by atoms with Crippen molar-refractivity contribution in [2.45, 2.75) is 25.8 Å². The van der Waals surface area contributed by atoms with E-state index in [1.54, 1.807) is 20.3 Å². The normalized spacial score (nSPS) is 11.5. The summed E-state index contributed by atoms with van der Waals surface area (Å²) in [5.74, 6) is 1.43. The Hall–Kier alpha value is -1.13. The summed E-state index contributed by atoms with van der Waals surface area (Å²) >= 11 is 0. The molecule has 4 nitrogen and oxygen atoms in total. The molecule has 0 bridgehead atoms. The molecule has 0 saturated carbocycles. The molecule has 0 aliphatic rings. The number of ether oxygens (including phenoxy) is 2. The summed E-state index contributed by atoms with van der Waals surface area (Å²) in [6.45, 7) is 2.06. The predicted molar refractivity (Wildman–Crippen MR) is 73.2 cm³/mol. The van der Waals surface area contributed by atoms with Gasteiger partial charge in [-0.25, -0.2) is 0 Å². The molecule has 0 aliphatic carbocycles. The minimum Gasteiger partial charge on any atom is -0.496 e. The van der Waals surface area contributed by atoms with Crippen molar-refractivity contribution in [2.24, 2.45) is 5.73 Å². The summed E-state index contributed by atoms with van der Waals surface area (Å²) in [7, 11) is 3.23. The highest BCUT2D eigenvalue weighted by atomic mass is 35.5. The van der Waals surface area contributed by atoms with Gasteiger partial charge in [0.15, 0.2) is 0 Å². The van der Waals surface area contributed by atoms with E-state index in [1.165, 1.54) is 0 Å². The average Bonchev–Trinajstić information content (AvgIpc) is 2.30. The predicted octanol–water partition coefficient (Wildman–Crippen LogP) is 1.99. The largest absolute Gasteiger partial charge is 0.496 e. The maximum Gasteiger partial charge on any atom is 0.142 e. The van der Waals surface area contributed by atoms with E-state index in [0.717, 1.165) is 24.2 Å². The van der Waals surface area contributed by atoms with E-state index in [4.69, 9.17) is 20.9 Å². The van der Waals surface area contributed by atoms with Crippen molar-refractivity contribution in [1.82, 2.24) is 0 Å². The Labute approximate surface area is 109 Å². The molecule has 98 valence electrons. The molecule has 17 heavy (non-hydrogen) atoms. The van der Waals surface area contributed by atoms with Gasteiger partial charge in [-0.2, -0.15) is 0 Å². The number of halogens is 1. The van der Waals surface area contributed by atoms with Gasteiger partial charge in [-0.15, -0.1) is 12.4 Å². The van der Waals surface area contributed by atoms with Gasteiger partial charge in [-0.05, 0) is 24.5 Å². The molecule has 1 atom stereocenters. The van der Waals surface area contributed by atoms with Crippen molar-refractivity contribution >= 4 is 18.1 Å². The van der Waals surface area contributed by atoms with E-state index in [1.807, 2.05) is 6.07 Å². The molecule has 0 aromatic heterocycles. The van der Waals surface area contributed by atoms with Gasteiger partial charge in [0.1, 0.15) is 11.5 Å². The van der Waals surface area contributed by atoms with Gasteiger partial charge in [0, 0.05) is 12.1 Å². The summed E-state index contributed by atoms with van der Waals surface area (Å²) in [5.41, 5.74) is 13.3. The summed E-state index contributed by atoms with van der Waals surface area (Å²) in [5, 5.41) is 0. The second-order valence-corrected chi connectivity index (χ2v) is 3.78. The van der Waals surface area contributed by atoms with Crippen molar-refractivity contribution in [3.63, 3.8) is 0 Å². The second kappa shape index (κ2) is 7.25. The first-order valence-electron chi connectivity index (χ1n) is 5.38. The number of hydrogen-bond donors (Lipinski definition) is 2. The van der Waals surface area contributed by atoms with Crippen LogP contribution in [0.5, 0.6) is 11.5 Å². The Bertz CT molecular complexity index is 359.